The van der Waals surface area contributed by atoms with Crippen molar-refractivity contribution in [3.63, 3.8) is 0 Å². The number of halogens is 1. The standard InChI is InChI=1S/C20H22N2O.ClHO4/c1-22(2)14-7-15-23-21-20-18-10-5-3-8-16(18)12-13-17-9-4-6-11-19(17)20;2-1(3,4)5/h3-6,8-13H,7,14-15H2,1-2H3;(H,2,3,4,5). The van der Waals surface area contributed by atoms with Crippen LogP contribution in [0.4, 0.5) is 0 Å². The van der Waals surface area contributed by atoms with E-state index < -0.39 is 10.2 Å². The van der Waals surface area contributed by atoms with Crippen molar-refractivity contribution in [3.05, 3.63) is 66.0 Å². The van der Waals surface area contributed by atoms with E-state index in [1.54, 1.807) is 0 Å². The van der Waals surface area contributed by atoms with E-state index in [0.717, 1.165) is 29.1 Å². The Morgan fingerprint density at radius 2 is 1.36 bits per heavy atom. The predicted molar refractivity (Wildman–Crippen MR) is 98.4 cm³/mol. The van der Waals surface area contributed by atoms with Gasteiger partial charge in [-0.1, -0.05) is 65.8 Å². The summed E-state index contributed by atoms with van der Waals surface area (Å²) in [5, 5.41) is 9.95. The van der Waals surface area contributed by atoms with E-state index >= 15 is 0 Å². The Labute approximate surface area is 165 Å². The summed E-state index contributed by atoms with van der Waals surface area (Å²) in [5.41, 5.74) is 0. The van der Waals surface area contributed by atoms with Crippen LogP contribution in [0.2, 0.25) is 0 Å². The number of rotatable bonds is 5. The second-order valence-corrected chi connectivity index (χ2v) is 7.13. The van der Waals surface area contributed by atoms with Crippen LogP contribution in [-0.4, -0.2) is 36.8 Å². The lowest BCUT2D eigenvalue weighted by molar-refractivity contribution is -1.92. The van der Waals surface area contributed by atoms with Crippen LogP contribution in [0.3, 0.4) is 0 Å². The summed E-state index contributed by atoms with van der Waals surface area (Å²) in [7, 11) is -0.565. The Morgan fingerprint density at radius 1 is 0.893 bits per heavy atom. The Bertz CT molecular complexity index is 906. The summed E-state index contributed by atoms with van der Waals surface area (Å²) >= 11 is 0. The van der Waals surface area contributed by atoms with E-state index in [1.165, 1.54) is 10.8 Å². The van der Waals surface area contributed by atoms with Crippen LogP contribution in [0.15, 0.2) is 65.8 Å². The van der Waals surface area contributed by atoms with Crippen molar-refractivity contribution in [2.75, 3.05) is 27.2 Å². The van der Waals surface area contributed by atoms with Gasteiger partial charge in [0.1, 0.15) is 12.0 Å². The molecule has 1 N–H and O–H groups in total. The Kier molecular flexibility index (Phi) is 8.13. The molecule has 0 fully saturated rings. The summed E-state index contributed by atoms with van der Waals surface area (Å²) < 4.78 is 32.7. The lowest BCUT2D eigenvalue weighted by atomic mass is 10.1. The average Bonchev–Trinajstić information content (AvgIpc) is 2.77. The number of hydrogen-bond acceptors (Lipinski definition) is 7. The first-order valence-corrected chi connectivity index (χ1v) is 9.87. The van der Waals surface area contributed by atoms with Gasteiger partial charge >= 0.3 is 0 Å². The molecule has 0 radical (unpaired) electrons. The fraction of sp³-hybridized carbons (Fsp3) is 0.250. The number of fused-ring (bicyclic) bond motifs is 2. The second-order valence-electron chi connectivity index (χ2n) is 6.33. The fourth-order valence-corrected chi connectivity index (χ4v) is 2.69. The van der Waals surface area contributed by atoms with Crippen molar-refractivity contribution in [1.29, 1.82) is 0 Å². The first-order valence-electron chi connectivity index (χ1n) is 8.60. The van der Waals surface area contributed by atoms with Crippen molar-refractivity contribution >= 4 is 21.5 Å². The highest BCUT2D eigenvalue weighted by Crippen LogP contribution is 2.15. The maximum absolute atomic E-state index is 8.60. The Morgan fingerprint density at radius 3 is 1.82 bits per heavy atom. The molecule has 0 heterocycles. The van der Waals surface area contributed by atoms with Crippen LogP contribution in [0.25, 0.3) is 21.5 Å². The molecule has 0 aliphatic rings. The van der Waals surface area contributed by atoms with Gasteiger partial charge in [-0.2, -0.15) is 14.0 Å². The molecule has 0 aliphatic carbocycles. The third kappa shape index (κ3) is 7.40. The lowest BCUT2D eigenvalue weighted by Gasteiger charge is -2.07. The van der Waals surface area contributed by atoms with Gasteiger partial charge < -0.3 is 9.74 Å². The third-order valence-electron chi connectivity index (χ3n) is 3.87. The number of hydrogen-bond donors (Lipinski definition) is 1. The van der Waals surface area contributed by atoms with Crippen molar-refractivity contribution in [2.45, 2.75) is 6.42 Å². The molecule has 3 aromatic rings. The minimum absolute atomic E-state index is 0.624. The number of benzene rings is 2. The molecule has 0 amide bonds. The van der Waals surface area contributed by atoms with Gasteiger partial charge in [0.15, 0.2) is 0 Å². The van der Waals surface area contributed by atoms with Gasteiger partial charge in [0.2, 0.25) is 0 Å². The van der Waals surface area contributed by atoms with E-state index in [1.807, 2.05) is 12.1 Å². The van der Waals surface area contributed by atoms with Crippen molar-refractivity contribution < 1.29 is 33.7 Å². The van der Waals surface area contributed by atoms with E-state index in [0.29, 0.717) is 6.61 Å². The first kappa shape index (κ1) is 22.0. The predicted octanol–water partition coefficient (Wildman–Crippen LogP) is -0.347. The molecular weight excluding hydrogens is 384 g/mol. The maximum Gasteiger partial charge on any atom is 0.118 e. The van der Waals surface area contributed by atoms with Gasteiger partial charge in [0.25, 0.3) is 0 Å². The topological polar surface area (TPSA) is 114 Å². The molecule has 0 atom stereocenters. The molecule has 150 valence electrons. The van der Waals surface area contributed by atoms with Crippen LogP contribution in [0.5, 0.6) is 0 Å². The van der Waals surface area contributed by atoms with Gasteiger partial charge in [-0.25, -0.2) is 0 Å². The quantitative estimate of drug-likeness (QED) is 0.457. The molecule has 8 heteroatoms. The van der Waals surface area contributed by atoms with E-state index in [4.69, 9.17) is 23.5 Å². The minimum Gasteiger partial charge on any atom is -0.395 e. The highest BCUT2D eigenvalue weighted by Gasteiger charge is 2.01. The zero-order valence-corrected chi connectivity index (χ0v) is 16.5. The van der Waals surface area contributed by atoms with Crippen LogP contribution in [0.1, 0.15) is 6.42 Å². The van der Waals surface area contributed by atoms with Crippen LogP contribution < -0.4 is 19.3 Å². The van der Waals surface area contributed by atoms with Gasteiger partial charge in [-0.15, -0.1) is 0 Å². The lowest BCUT2D eigenvalue weighted by Crippen LogP contribution is -2.58. The zero-order chi connectivity index (χ0) is 20.6. The summed E-state index contributed by atoms with van der Waals surface area (Å²) in [6.07, 6.45) is 0.964. The van der Waals surface area contributed by atoms with Gasteiger partial charge in [-0.05, 0) is 31.3 Å². The van der Waals surface area contributed by atoms with Gasteiger partial charge in [0.05, 0.1) is 14.9 Å². The SMILES string of the molecule is CN(C)CCCON=c1c2ccccc2ccc2ccccc12.[O-][Cl+3]([O-])([O-])O. The van der Waals surface area contributed by atoms with Crippen LogP contribution in [-0.2, 0) is 4.84 Å². The zero-order valence-electron chi connectivity index (χ0n) is 15.7. The molecular formula is C20H23ClN2O5. The van der Waals surface area contributed by atoms with Gasteiger partial charge in [-0.3, -0.25) is 0 Å². The van der Waals surface area contributed by atoms with Crippen molar-refractivity contribution in [3.8, 4) is 0 Å². The highest BCUT2D eigenvalue weighted by atomic mass is 35.7. The summed E-state index contributed by atoms with van der Waals surface area (Å²) in [4.78, 5) is 7.78. The second kappa shape index (κ2) is 10.3. The Hall–Kier alpha value is -2.26. The molecule has 0 unspecified atom stereocenters. The van der Waals surface area contributed by atoms with Crippen LogP contribution >= 0.6 is 0 Å². The molecule has 0 aromatic heterocycles. The average molecular weight is 407 g/mol. The molecule has 7 nitrogen and oxygen atoms in total. The molecule has 28 heavy (non-hydrogen) atoms. The maximum atomic E-state index is 8.60. The molecule has 3 rings (SSSR count). The van der Waals surface area contributed by atoms with Gasteiger partial charge in [0, 0.05) is 17.3 Å². The molecule has 0 spiro atoms. The molecule has 0 saturated carbocycles. The van der Waals surface area contributed by atoms with Crippen molar-refractivity contribution in [2.24, 2.45) is 5.16 Å². The molecule has 0 saturated heterocycles. The Balaban J connectivity index is 0.000000500. The molecule has 0 bridgehead atoms. The number of nitrogens with zero attached hydrogens (tertiary/aromatic N) is 2. The monoisotopic (exact) mass is 406 g/mol. The molecule has 0 aliphatic heterocycles. The summed E-state index contributed by atoms with van der Waals surface area (Å²) in [5.74, 6) is 0. The summed E-state index contributed by atoms with van der Waals surface area (Å²) in [6, 6.07) is 20.9. The third-order valence-corrected chi connectivity index (χ3v) is 3.87. The minimum atomic E-state index is -4.69. The van der Waals surface area contributed by atoms with Crippen molar-refractivity contribution in [1.82, 2.24) is 4.90 Å². The smallest absolute Gasteiger partial charge is 0.118 e. The fourth-order valence-electron chi connectivity index (χ4n) is 2.69. The van der Waals surface area contributed by atoms with E-state index in [2.05, 4.69) is 72.7 Å². The first-order chi connectivity index (χ1) is 13.3. The van der Waals surface area contributed by atoms with E-state index in [9.17, 15) is 0 Å². The largest absolute Gasteiger partial charge is 0.395 e. The summed E-state index contributed by atoms with van der Waals surface area (Å²) in [6.45, 7) is 1.62. The molecule has 3 aromatic carbocycles. The normalized spacial score (nSPS) is 11.2. The van der Waals surface area contributed by atoms with E-state index in [-0.39, 0.29) is 0 Å². The highest BCUT2D eigenvalue weighted by molar-refractivity contribution is 5.92. The van der Waals surface area contributed by atoms with Crippen LogP contribution in [0, 0.1) is 10.2 Å².